The second-order valence-corrected chi connectivity index (χ2v) is 10.2. The third kappa shape index (κ3) is 5.16. The van der Waals surface area contributed by atoms with Crippen molar-refractivity contribution in [2.75, 3.05) is 31.1 Å². The van der Waals surface area contributed by atoms with Crippen molar-refractivity contribution in [3.05, 3.63) is 89.9 Å². The van der Waals surface area contributed by atoms with Crippen molar-refractivity contribution in [1.82, 2.24) is 24.3 Å². The van der Waals surface area contributed by atoms with Gasteiger partial charge >= 0.3 is 6.09 Å². The molecule has 1 unspecified atom stereocenters. The van der Waals surface area contributed by atoms with E-state index in [1.54, 1.807) is 17.4 Å². The molecule has 200 valence electrons. The Morgan fingerprint density at radius 1 is 0.974 bits per heavy atom. The number of aromatic nitrogens is 3. The van der Waals surface area contributed by atoms with Gasteiger partial charge in [-0.05, 0) is 48.2 Å². The molecule has 6 rings (SSSR count). The van der Waals surface area contributed by atoms with Gasteiger partial charge in [0.25, 0.3) is 0 Å². The van der Waals surface area contributed by atoms with Crippen LogP contribution in [-0.4, -0.2) is 68.6 Å². The molecule has 0 radical (unpaired) electrons. The molecule has 2 aliphatic rings. The summed E-state index contributed by atoms with van der Waals surface area (Å²) in [7, 11) is 0. The highest BCUT2D eigenvalue weighted by Gasteiger charge is 2.31. The number of imidazole rings is 1. The van der Waals surface area contributed by atoms with Crippen molar-refractivity contribution >= 4 is 28.9 Å². The summed E-state index contributed by atoms with van der Waals surface area (Å²) in [4.78, 5) is 41.0. The molecule has 9 nitrogen and oxygen atoms in total. The van der Waals surface area contributed by atoms with E-state index in [0.717, 1.165) is 41.9 Å². The predicted octanol–water partition coefficient (Wildman–Crippen LogP) is 3.86. The van der Waals surface area contributed by atoms with Gasteiger partial charge in [0.2, 0.25) is 5.91 Å². The van der Waals surface area contributed by atoms with Crippen molar-refractivity contribution in [2.24, 2.45) is 0 Å². The van der Waals surface area contributed by atoms with Crippen LogP contribution in [-0.2, 0) is 35.6 Å². The summed E-state index contributed by atoms with van der Waals surface area (Å²) < 4.78 is 7.43. The van der Waals surface area contributed by atoms with Crippen molar-refractivity contribution < 1.29 is 14.3 Å². The minimum Gasteiger partial charge on any atom is -0.445 e. The first-order valence-electron chi connectivity index (χ1n) is 13.4. The zero-order chi connectivity index (χ0) is 26.8. The lowest BCUT2D eigenvalue weighted by Crippen LogP contribution is -2.55. The average molecular weight is 525 g/mol. The number of carbonyl (C=O) groups is 2. The molecule has 1 atom stereocenters. The number of benzene rings is 2. The van der Waals surface area contributed by atoms with Crippen molar-refractivity contribution in [3.8, 4) is 0 Å². The van der Waals surface area contributed by atoms with Gasteiger partial charge in [-0.1, -0.05) is 42.5 Å². The van der Waals surface area contributed by atoms with Gasteiger partial charge in [0.05, 0.1) is 12.9 Å². The lowest BCUT2D eigenvalue weighted by Gasteiger charge is -2.42. The predicted molar refractivity (Wildman–Crippen MR) is 148 cm³/mol. The summed E-state index contributed by atoms with van der Waals surface area (Å²) >= 11 is 0. The van der Waals surface area contributed by atoms with Crippen LogP contribution >= 0.6 is 0 Å². The molecule has 2 aromatic carbocycles. The Kier molecular flexibility index (Phi) is 6.87. The number of piperazine rings is 1. The molecular formula is C30H32N6O3. The van der Waals surface area contributed by atoms with E-state index in [4.69, 9.17) is 4.74 Å². The molecule has 9 heteroatoms. The summed E-state index contributed by atoms with van der Waals surface area (Å²) in [6.45, 7) is 5.83. The van der Waals surface area contributed by atoms with E-state index in [0.29, 0.717) is 19.6 Å². The topological polar surface area (TPSA) is 83.8 Å². The summed E-state index contributed by atoms with van der Waals surface area (Å²) in [5.74, 6) is 0.0644. The van der Waals surface area contributed by atoms with E-state index in [9.17, 15) is 9.59 Å². The first kappa shape index (κ1) is 24.9. The van der Waals surface area contributed by atoms with Crippen molar-refractivity contribution in [2.45, 2.75) is 39.1 Å². The molecule has 2 amide bonds. The molecule has 4 aromatic rings. The van der Waals surface area contributed by atoms with Crippen LogP contribution < -0.4 is 4.90 Å². The number of fused-ring (bicyclic) bond motifs is 2. The first-order chi connectivity index (χ1) is 19.1. The lowest BCUT2D eigenvalue weighted by molar-refractivity contribution is -0.134. The summed E-state index contributed by atoms with van der Waals surface area (Å²) in [6, 6.07) is 19.9. The number of carbonyl (C=O) groups excluding carboxylic acids is 2. The fraction of sp³-hybridized carbons (Fsp3) is 0.333. The molecule has 0 spiro atoms. The van der Waals surface area contributed by atoms with Crippen molar-refractivity contribution in [1.29, 1.82) is 0 Å². The van der Waals surface area contributed by atoms with E-state index >= 15 is 0 Å². The van der Waals surface area contributed by atoms with E-state index in [2.05, 4.69) is 40.0 Å². The van der Waals surface area contributed by atoms with Gasteiger partial charge in [-0.25, -0.2) is 14.8 Å². The van der Waals surface area contributed by atoms with Gasteiger partial charge in [-0.3, -0.25) is 4.79 Å². The standard InChI is InChI=1S/C30H32N6O3/c1-22-17-33(15-16-36(22)28(37)19-35-21-32-26-10-6-13-31-29(26)35)27-11-5-9-24-12-14-34(18-25(24)27)30(38)39-20-23-7-3-2-4-8-23/h2-11,13,21-22H,12,14-20H2,1H3. The molecule has 0 saturated carbocycles. The Morgan fingerprint density at radius 3 is 2.69 bits per heavy atom. The Balaban J connectivity index is 1.11. The Morgan fingerprint density at radius 2 is 1.85 bits per heavy atom. The number of hydrogen-bond acceptors (Lipinski definition) is 6. The quantitative estimate of drug-likeness (QED) is 0.394. The van der Waals surface area contributed by atoms with E-state index in [1.165, 1.54) is 11.1 Å². The number of hydrogen-bond donors (Lipinski definition) is 0. The van der Waals surface area contributed by atoms with Crippen LogP contribution in [0, 0.1) is 0 Å². The highest BCUT2D eigenvalue weighted by Crippen LogP contribution is 2.31. The van der Waals surface area contributed by atoms with Gasteiger partial charge in [0.15, 0.2) is 5.65 Å². The van der Waals surface area contributed by atoms with Crippen LogP contribution in [0.1, 0.15) is 23.6 Å². The molecule has 1 fully saturated rings. The Labute approximate surface area is 227 Å². The van der Waals surface area contributed by atoms with Crippen LogP contribution in [0.5, 0.6) is 0 Å². The number of nitrogens with zero attached hydrogens (tertiary/aromatic N) is 6. The van der Waals surface area contributed by atoms with Gasteiger partial charge < -0.3 is 24.0 Å². The van der Waals surface area contributed by atoms with Gasteiger partial charge in [-0.2, -0.15) is 0 Å². The van der Waals surface area contributed by atoms with Crippen molar-refractivity contribution in [3.63, 3.8) is 0 Å². The highest BCUT2D eigenvalue weighted by molar-refractivity contribution is 5.79. The molecule has 0 N–H and O–H groups in total. The minimum absolute atomic E-state index is 0.0420. The molecule has 2 aromatic heterocycles. The first-order valence-corrected chi connectivity index (χ1v) is 13.4. The van der Waals surface area contributed by atoms with Crippen LogP contribution in [0.3, 0.4) is 0 Å². The Hall–Kier alpha value is -4.40. The maximum absolute atomic E-state index is 13.3. The third-order valence-corrected chi connectivity index (χ3v) is 7.68. The minimum atomic E-state index is -0.287. The van der Waals surface area contributed by atoms with Crippen LogP contribution in [0.25, 0.3) is 11.2 Å². The summed E-state index contributed by atoms with van der Waals surface area (Å²) in [6.07, 6.45) is 3.91. The Bertz CT molecular complexity index is 1490. The fourth-order valence-electron chi connectivity index (χ4n) is 5.62. The average Bonchev–Trinajstić information content (AvgIpc) is 3.38. The highest BCUT2D eigenvalue weighted by atomic mass is 16.6. The monoisotopic (exact) mass is 524 g/mol. The summed E-state index contributed by atoms with van der Waals surface area (Å²) in [5, 5.41) is 0. The lowest BCUT2D eigenvalue weighted by atomic mass is 9.97. The molecule has 0 bridgehead atoms. The van der Waals surface area contributed by atoms with Gasteiger partial charge in [0.1, 0.15) is 18.7 Å². The smallest absolute Gasteiger partial charge is 0.410 e. The normalized spacial score (nSPS) is 17.3. The second kappa shape index (κ2) is 10.8. The number of amides is 2. The molecule has 1 saturated heterocycles. The van der Waals surface area contributed by atoms with Crippen LogP contribution in [0.15, 0.2) is 73.2 Å². The molecule has 2 aliphatic heterocycles. The molecule has 0 aliphatic carbocycles. The van der Waals surface area contributed by atoms with Crippen LogP contribution in [0.4, 0.5) is 10.5 Å². The number of pyridine rings is 1. The third-order valence-electron chi connectivity index (χ3n) is 7.68. The van der Waals surface area contributed by atoms with E-state index in [-0.39, 0.29) is 31.2 Å². The zero-order valence-corrected chi connectivity index (χ0v) is 22.1. The largest absolute Gasteiger partial charge is 0.445 e. The zero-order valence-electron chi connectivity index (χ0n) is 22.1. The van der Waals surface area contributed by atoms with Gasteiger partial charge in [-0.15, -0.1) is 0 Å². The fourth-order valence-corrected chi connectivity index (χ4v) is 5.62. The number of anilines is 1. The van der Waals surface area contributed by atoms with E-state index in [1.807, 2.05) is 51.9 Å². The van der Waals surface area contributed by atoms with Gasteiger partial charge in [0, 0.05) is 44.1 Å². The molecule has 4 heterocycles. The summed E-state index contributed by atoms with van der Waals surface area (Å²) in [5.41, 5.74) is 6.06. The van der Waals surface area contributed by atoms with E-state index < -0.39 is 0 Å². The maximum atomic E-state index is 13.3. The maximum Gasteiger partial charge on any atom is 0.410 e. The SMILES string of the molecule is CC1CN(c2cccc3c2CN(C(=O)OCc2ccccc2)CC3)CCN1C(=O)Cn1cnc2cccnc21. The molecular weight excluding hydrogens is 492 g/mol. The van der Waals surface area contributed by atoms with Crippen LogP contribution in [0.2, 0.25) is 0 Å². The molecule has 39 heavy (non-hydrogen) atoms. The second-order valence-electron chi connectivity index (χ2n) is 10.2. The number of rotatable bonds is 5. The number of ether oxygens (including phenoxy) is 1.